The quantitative estimate of drug-likeness (QED) is 0.607. The first kappa shape index (κ1) is 16.0. The molecule has 0 radical (unpaired) electrons. The molecule has 0 atom stereocenters. The van der Waals surface area contributed by atoms with Crippen molar-refractivity contribution in [3.63, 3.8) is 0 Å². The van der Waals surface area contributed by atoms with Crippen LogP contribution in [-0.4, -0.2) is 23.1 Å². The Morgan fingerprint density at radius 3 is 2.46 bits per heavy atom. The number of carbonyl (C=O) groups is 1. The number of fused-ring (bicyclic) bond motifs is 1. The summed E-state index contributed by atoms with van der Waals surface area (Å²) < 4.78 is 18.6. The van der Waals surface area contributed by atoms with Crippen LogP contribution in [-0.2, 0) is 0 Å². The summed E-state index contributed by atoms with van der Waals surface area (Å²) in [5, 5.41) is 7.20. The van der Waals surface area contributed by atoms with Gasteiger partial charge in [0, 0.05) is 18.2 Å². The monoisotopic (exact) mass is 347 g/mol. The lowest BCUT2D eigenvalue weighted by Crippen LogP contribution is -2.18. The summed E-state index contributed by atoms with van der Waals surface area (Å²) in [4.78, 5) is 17.0. The predicted octanol–water partition coefficient (Wildman–Crippen LogP) is 4.06. The molecule has 128 valence electrons. The lowest BCUT2D eigenvalue weighted by Gasteiger charge is -2.06. The Kier molecular flexibility index (Phi) is 3.93. The molecule has 0 spiro atoms. The number of nitrogens with one attached hydrogen (secondary N) is 1. The first-order valence-corrected chi connectivity index (χ1v) is 8.01. The Morgan fingerprint density at radius 2 is 1.77 bits per heavy atom. The standard InChI is InChI=1S/C20H14FN3O2/c1-22-19(25)15-11-16(12-5-3-2-4-6-12)23-20-17(15)18(24-26-20)13-7-9-14(21)10-8-13/h2-11H,1H3,(H,22,25). The van der Waals surface area contributed by atoms with Crippen molar-refractivity contribution in [2.75, 3.05) is 7.05 Å². The zero-order valence-corrected chi connectivity index (χ0v) is 13.9. The van der Waals surface area contributed by atoms with E-state index in [0.717, 1.165) is 5.56 Å². The molecular weight excluding hydrogens is 333 g/mol. The maximum atomic E-state index is 13.2. The molecule has 1 N–H and O–H groups in total. The van der Waals surface area contributed by atoms with E-state index in [0.29, 0.717) is 27.9 Å². The summed E-state index contributed by atoms with van der Waals surface area (Å²) in [5.74, 6) is -0.626. The highest BCUT2D eigenvalue weighted by molar-refractivity contribution is 6.10. The fourth-order valence-corrected chi connectivity index (χ4v) is 2.83. The number of carbonyl (C=O) groups excluding carboxylic acids is 1. The fourth-order valence-electron chi connectivity index (χ4n) is 2.83. The minimum absolute atomic E-state index is 0.254. The van der Waals surface area contributed by atoms with Gasteiger partial charge in [-0.05, 0) is 30.3 Å². The van der Waals surface area contributed by atoms with Crippen molar-refractivity contribution in [1.82, 2.24) is 15.5 Å². The van der Waals surface area contributed by atoms with E-state index in [2.05, 4.69) is 15.5 Å². The Hall–Kier alpha value is -3.54. The number of amides is 1. The molecule has 0 bridgehead atoms. The van der Waals surface area contributed by atoms with Gasteiger partial charge in [-0.1, -0.05) is 35.5 Å². The molecule has 6 heteroatoms. The lowest BCUT2D eigenvalue weighted by molar-refractivity contribution is 0.0964. The third-order valence-electron chi connectivity index (χ3n) is 4.11. The zero-order valence-electron chi connectivity index (χ0n) is 13.9. The van der Waals surface area contributed by atoms with E-state index in [1.807, 2.05) is 30.3 Å². The number of hydrogen-bond acceptors (Lipinski definition) is 4. The van der Waals surface area contributed by atoms with Crippen LogP contribution in [0.2, 0.25) is 0 Å². The molecule has 2 heterocycles. The summed E-state index contributed by atoms with van der Waals surface area (Å²) in [6.45, 7) is 0. The lowest BCUT2D eigenvalue weighted by atomic mass is 10.0. The average molecular weight is 347 g/mol. The average Bonchev–Trinajstić information content (AvgIpc) is 3.12. The van der Waals surface area contributed by atoms with Crippen molar-refractivity contribution in [1.29, 1.82) is 0 Å². The Morgan fingerprint density at radius 1 is 1.04 bits per heavy atom. The molecule has 26 heavy (non-hydrogen) atoms. The van der Waals surface area contributed by atoms with Gasteiger partial charge in [-0.2, -0.15) is 0 Å². The van der Waals surface area contributed by atoms with Gasteiger partial charge >= 0.3 is 0 Å². The van der Waals surface area contributed by atoms with Gasteiger partial charge in [0.1, 0.15) is 11.5 Å². The van der Waals surface area contributed by atoms with E-state index >= 15 is 0 Å². The van der Waals surface area contributed by atoms with E-state index in [1.54, 1.807) is 25.2 Å². The van der Waals surface area contributed by atoms with E-state index in [9.17, 15) is 9.18 Å². The van der Waals surface area contributed by atoms with Crippen molar-refractivity contribution in [2.24, 2.45) is 0 Å². The molecule has 0 fully saturated rings. The number of nitrogens with zero attached hydrogens (tertiary/aromatic N) is 2. The van der Waals surface area contributed by atoms with E-state index in [4.69, 9.17) is 4.52 Å². The molecule has 4 aromatic rings. The summed E-state index contributed by atoms with van der Waals surface area (Å²) in [6.07, 6.45) is 0. The van der Waals surface area contributed by atoms with Gasteiger partial charge in [-0.3, -0.25) is 4.79 Å². The number of rotatable bonds is 3. The van der Waals surface area contributed by atoms with Crippen molar-refractivity contribution in [3.8, 4) is 22.5 Å². The van der Waals surface area contributed by atoms with E-state index in [-0.39, 0.29) is 17.4 Å². The van der Waals surface area contributed by atoms with Crippen LogP contribution in [0.15, 0.2) is 65.2 Å². The fraction of sp³-hybridized carbons (Fsp3) is 0.0500. The number of benzene rings is 2. The number of halogens is 1. The molecule has 0 aliphatic rings. The van der Waals surface area contributed by atoms with Gasteiger partial charge in [0.15, 0.2) is 0 Å². The van der Waals surface area contributed by atoms with Crippen LogP contribution in [0.1, 0.15) is 10.4 Å². The third kappa shape index (κ3) is 2.71. The van der Waals surface area contributed by atoms with E-state index in [1.165, 1.54) is 12.1 Å². The highest BCUT2D eigenvalue weighted by Crippen LogP contribution is 2.32. The summed E-state index contributed by atoms with van der Waals surface area (Å²) in [6, 6.07) is 17.1. The SMILES string of the molecule is CNC(=O)c1cc(-c2ccccc2)nc2onc(-c3ccc(F)cc3)c12. The van der Waals surface area contributed by atoms with Crippen LogP contribution >= 0.6 is 0 Å². The van der Waals surface area contributed by atoms with Gasteiger partial charge < -0.3 is 9.84 Å². The Bertz CT molecular complexity index is 1090. The number of pyridine rings is 1. The van der Waals surface area contributed by atoms with Crippen molar-refractivity contribution in [2.45, 2.75) is 0 Å². The second-order valence-electron chi connectivity index (χ2n) is 5.72. The van der Waals surface area contributed by atoms with Crippen LogP contribution in [0.5, 0.6) is 0 Å². The normalized spacial score (nSPS) is 10.8. The van der Waals surface area contributed by atoms with Crippen molar-refractivity contribution in [3.05, 3.63) is 72.0 Å². The molecule has 1 amide bonds. The van der Waals surface area contributed by atoms with Gasteiger partial charge in [0.2, 0.25) is 0 Å². The number of aromatic nitrogens is 2. The summed E-state index contributed by atoms with van der Waals surface area (Å²) in [5.41, 5.74) is 3.22. The van der Waals surface area contributed by atoms with Gasteiger partial charge in [-0.25, -0.2) is 9.37 Å². The van der Waals surface area contributed by atoms with Gasteiger partial charge in [0.25, 0.3) is 11.6 Å². The second-order valence-corrected chi connectivity index (χ2v) is 5.72. The minimum Gasteiger partial charge on any atom is -0.355 e. The van der Waals surface area contributed by atoms with Crippen LogP contribution in [0.3, 0.4) is 0 Å². The molecule has 2 aromatic heterocycles. The highest BCUT2D eigenvalue weighted by Gasteiger charge is 2.21. The van der Waals surface area contributed by atoms with Crippen LogP contribution < -0.4 is 5.32 Å². The Balaban J connectivity index is 1.97. The highest BCUT2D eigenvalue weighted by atomic mass is 19.1. The molecular formula is C20H14FN3O2. The third-order valence-corrected chi connectivity index (χ3v) is 4.11. The van der Waals surface area contributed by atoms with Gasteiger partial charge in [-0.15, -0.1) is 0 Å². The minimum atomic E-state index is -0.349. The largest absolute Gasteiger partial charge is 0.355 e. The van der Waals surface area contributed by atoms with Crippen molar-refractivity contribution >= 4 is 17.0 Å². The first-order valence-electron chi connectivity index (χ1n) is 8.01. The zero-order chi connectivity index (χ0) is 18.1. The molecule has 0 unspecified atom stereocenters. The van der Waals surface area contributed by atoms with Crippen LogP contribution in [0.25, 0.3) is 33.6 Å². The predicted molar refractivity (Wildman–Crippen MR) is 96.0 cm³/mol. The summed E-state index contributed by atoms with van der Waals surface area (Å²) in [7, 11) is 1.56. The summed E-state index contributed by atoms with van der Waals surface area (Å²) >= 11 is 0. The maximum absolute atomic E-state index is 13.2. The van der Waals surface area contributed by atoms with Crippen molar-refractivity contribution < 1.29 is 13.7 Å². The van der Waals surface area contributed by atoms with E-state index < -0.39 is 0 Å². The second kappa shape index (κ2) is 6.40. The number of hydrogen-bond donors (Lipinski definition) is 1. The van der Waals surface area contributed by atoms with Gasteiger partial charge in [0.05, 0.1) is 16.6 Å². The smallest absolute Gasteiger partial charge is 0.259 e. The first-order chi connectivity index (χ1) is 12.7. The molecule has 5 nitrogen and oxygen atoms in total. The molecule has 0 saturated carbocycles. The molecule has 0 aliphatic heterocycles. The van der Waals surface area contributed by atoms with Crippen LogP contribution in [0.4, 0.5) is 4.39 Å². The topological polar surface area (TPSA) is 68.0 Å². The Labute approximate surface area is 148 Å². The van der Waals surface area contributed by atoms with Crippen LogP contribution in [0, 0.1) is 5.82 Å². The maximum Gasteiger partial charge on any atom is 0.259 e. The molecule has 2 aromatic carbocycles. The molecule has 0 aliphatic carbocycles. The molecule has 0 saturated heterocycles. The molecule has 4 rings (SSSR count).